The minimum atomic E-state index is -2.84. The van der Waals surface area contributed by atoms with Crippen molar-refractivity contribution in [3.8, 4) is 5.75 Å². The molecule has 0 unspecified atom stereocenters. The first-order chi connectivity index (χ1) is 7.20. The average molecular weight is 213 g/mol. The van der Waals surface area contributed by atoms with E-state index in [4.69, 9.17) is 5.11 Å². The predicted molar refractivity (Wildman–Crippen MR) is 50.9 cm³/mol. The molecule has 0 bridgehead atoms. The smallest absolute Gasteiger partial charge is 0.387 e. The molecule has 0 amide bonds. The van der Waals surface area contributed by atoms with Crippen LogP contribution in [0.5, 0.6) is 5.75 Å². The van der Waals surface area contributed by atoms with Crippen LogP contribution in [0.4, 0.5) is 8.78 Å². The van der Waals surface area contributed by atoms with Crippen molar-refractivity contribution in [2.45, 2.75) is 13.2 Å². The van der Waals surface area contributed by atoms with Crippen molar-refractivity contribution in [3.63, 3.8) is 0 Å². The lowest BCUT2D eigenvalue weighted by Gasteiger charge is -2.04. The summed E-state index contributed by atoms with van der Waals surface area (Å²) >= 11 is 0. The number of benzene rings is 1. The molecule has 1 aromatic carbocycles. The van der Waals surface area contributed by atoms with Gasteiger partial charge in [-0.25, -0.2) is 0 Å². The van der Waals surface area contributed by atoms with Crippen LogP contribution in [0.1, 0.15) is 5.69 Å². The molecule has 0 atom stereocenters. The molecule has 0 saturated carbocycles. The molecule has 0 saturated heterocycles. The number of aromatic amines is 1. The fourth-order valence-electron chi connectivity index (χ4n) is 1.47. The Balaban J connectivity index is 2.49. The number of hydrogen-bond donors (Lipinski definition) is 2. The first-order valence-electron chi connectivity index (χ1n) is 4.37. The van der Waals surface area contributed by atoms with Gasteiger partial charge in [0.25, 0.3) is 0 Å². The van der Waals surface area contributed by atoms with Crippen LogP contribution in [0.2, 0.25) is 0 Å². The molecule has 2 rings (SSSR count). The number of aromatic nitrogens is 1. The van der Waals surface area contributed by atoms with Crippen molar-refractivity contribution in [2.24, 2.45) is 0 Å². The van der Waals surface area contributed by atoms with Gasteiger partial charge in [-0.1, -0.05) is 6.07 Å². The Morgan fingerprint density at radius 3 is 2.87 bits per heavy atom. The number of rotatable bonds is 3. The Labute approximate surface area is 84.3 Å². The highest BCUT2D eigenvalue weighted by Gasteiger charge is 2.09. The highest BCUT2D eigenvalue weighted by molar-refractivity contribution is 5.86. The van der Waals surface area contributed by atoms with Gasteiger partial charge in [0, 0.05) is 16.6 Å². The summed E-state index contributed by atoms with van der Waals surface area (Å²) in [7, 11) is 0. The summed E-state index contributed by atoms with van der Waals surface area (Å²) in [5.74, 6) is 0.110. The highest BCUT2D eigenvalue weighted by Crippen LogP contribution is 2.27. The van der Waals surface area contributed by atoms with E-state index in [2.05, 4.69) is 9.72 Å². The van der Waals surface area contributed by atoms with Crippen LogP contribution in [0, 0.1) is 0 Å². The third kappa shape index (κ3) is 1.92. The van der Waals surface area contributed by atoms with Crippen molar-refractivity contribution < 1.29 is 18.6 Å². The molecule has 1 heterocycles. The summed E-state index contributed by atoms with van der Waals surface area (Å²) in [6, 6.07) is 6.39. The van der Waals surface area contributed by atoms with E-state index < -0.39 is 6.61 Å². The molecule has 2 N–H and O–H groups in total. The van der Waals surface area contributed by atoms with Gasteiger partial charge >= 0.3 is 6.61 Å². The number of ether oxygens (including phenoxy) is 1. The van der Waals surface area contributed by atoms with Crippen LogP contribution >= 0.6 is 0 Å². The molecule has 0 aliphatic rings. The zero-order valence-electron chi connectivity index (χ0n) is 7.71. The van der Waals surface area contributed by atoms with E-state index in [1.807, 2.05) is 0 Å². The van der Waals surface area contributed by atoms with Crippen molar-refractivity contribution >= 4 is 10.9 Å². The zero-order valence-corrected chi connectivity index (χ0v) is 7.71. The van der Waals surface area contributed by atoms with Crippen molar-refractivity contribution in [2.75, 3.05) is 0 Å². The Morgan fingerprint density at radius 1 is 1.40 bits per heavy atom. The lowest BCUT2D eigenvalue weighted by molar-refractivity contribution is -0.0487. The molecule has 0 fully saturated rings. The monoisotopic (exact) mass is 213 g/mol. The van der Waals surface area contributed by atoms with Crippen molar-refractivity contribution in [1.29, 1.82) is 0 Å². The van der Waals surface area contributed by atoms with E-state index in [-0.39, 0.29) is 12.4 Å². The average Bonchev–Trinajstić information content (AvgIpc) is 2.61. The van der Waals surface area contributed by atoms with E-state index >= 15 is 0 Å². The third-order valence-corrected chi connectivity index (χ3v) is 2.07. The number of aliphatic hydroxyl groups is 1. The van der Waals surface area contributed by atoms with Crippen LogP contribution in [-0.2, 0) is 6.61 Å². The highest BCUT2D eigenvalue weighted by atomic mass is 19.3. The second-order valence-electron chi connectivity index (χ2n) is 3.05. The normalized spacial score (nSPS) is 11.2. The SMILES string of the molecule is OCc1cc2c(OC(F)F)cccc2[nH]1. The van der Waals surface area contributed by atoms with Gasteiger partial charge in [0.15, 0.2) is 0 Å². The summed E-state index contributed by atoms with van der Waals surface area (Å²) in [5, 5.41) is 9.43. The van der Waals surface area contributed by atoms with Crippen LogP contribution < -0.4 is 4.74 Å². The van der Waals surface area contributed by atoms with E-state index in [1.165, 1.54) is 6.07 Å². The zero-order chi connectivity index (χ0) is 10.8. The van der Waals surface area contributed by atoms with Gasteiger partial charge in [-0.2, -0.15) is 8.78 Å². The second kappa shape index (κ2) is 3.86. The quantitative estimate of drug-likeness (QED) is 0.821. The van der Waals surface area contributed by atoms with E-state index in [0.29, 0.717) is 16.6 Å². The Kier molecular flexibility index (Phi) is 2.55. The fourth-order valence-corrected chi connectivity index (χ4v) is 1.47. The van der Waals surface area contributed by atoms with E-state index in [0.717, 1.165) is 0 Å². The van der Waals surface area contributed by atoms with Gasteiger partial charge in [0.05, 0.1) is 6.61 Å². The number of hydrogen-bond acceptors (Lipinski definition) is 2. The molecule has 0 spiro atoms. The van der Waals surface area contributed by atoms with Gasteiger partial charge in [0.2, 0.25) is 0 Å². The number of fused-ring (bicyclic) bond motifs is 1. The predicted octanol–water partition coefficient (Wildman–Crippen LogP) is 2.26. The number of aliphatic hydroxyl groups excluding tert-OH is 1. The van der Waals surface area contributed by atoms with E-state index in [1.54, 1.807) is 18.2 Å². The summed E-state index contributed by atoms with van der Waals surface area (Å²) < 4.78 is 28.5. The summed E-state index contributed by atoms with van der Waals surface area (Å²) in [4.78, 5) is 2.88. The fraction of sp³-hybridized carbons (Fsp3) is 0.200. The number of halogens is 2. The van der Waals surface area contributed by atoms with E-state index in [9.17, 15) is 8.78 Å². The van der Waals surface area contributed by atoms with Crippen LogP contribution in [0.3, 0.4) is 0 Å². The van der Waals surface area contributed by atoms with Gasteiger partial charge in [-0.05, 0) is 18.2 Å². The van der Waals surface area contributed by atoms with Crippen LogP contribution in [-0.4, -0.2) is 16.7 Å². The van der Waals surface area contributed by atoms with Gasteiger partial charge in [0.1, 0.15) is 5.75 Å². The minimum absolute atomic E-state index is 0.110. The summed E-state index contributed by atoms with van der Waals surface area (Å²) in [6.45, 7) is -3.01. The Hall–Kier alpha value is -1.62. The van der Waals surface area contributed by atoms with Crippen molar-refractivity contribution in [1.82, 2.24) is 4.98 Å². The van der Waals surface area contributed by atoms with Gasteiger partial charge in [-0.15, -0.1) is 0 Å². The summed E-state index contributed by atoms with van der Waals surface area (Å²) in [6.07, 6.45) is 0. The number of H-pyrrole nitrogens is 1. The standard InChI is InChI=1S/C10H9F2NO2/c11-10(12)15-9-3-1-2-8-7(9)4-6(5-14)13-8/h1-4,10,13-14H,5H2. The molecule has 2 aromatic rings. The molecular formula is C10H9F2NO2. The molecule has 1 aromatic heterocycles. The first-order valence-corrected chi connectivity index (χ1v) is 4.37. The molecular weight excluding hydrogens is 204 g/mol. The lowest BCUT2D eigenvalue weighted by atomic mass is 10.2. The molecule has 3 nitrogen and oxygen atoms in total. The molecule has 5 heteroatoms. The van der Waals surface area contributed by atoms with Gasteiger partial charge < -0.3 is 14.8 Å². The second-order valence-corrected chi connectivity index (χ2v) is 3.05. The molecule has 15 heavy (non-hydrogen) atoms. The molecule has 80 valence electrons. The molecule has 0 aliphatic heterocycles. The maximum absolute atomic E-state index is 12.1. The first kappa shape index (κ1) is 9.92. The van der Waals surface area contributed by atoms with Crippen LogP contribution in [0.15, 0.2) is 24.3 Å². The largest absolute Gasteiger partial charge is 0.434 e. The Bertz CT molecular complexity index is 467. The topological polar surface area (TPSA) is 45.2 Å². The lowest BCUT2D eigenvalue weighted by Crippen LogP contribution is -2.01. The summed E-state index contributed by atoms with van der Waals surface area (Å²) in [5.41, 5.74) is 1.23. The maximum atomic E-state index is 12.1. The maximum Gasteiger partial charge on any atom is 0.387 e. The van der Waals surface area contributed by atoms with Crippen LogP contribution in [0.25, 0.3) is 10.9 Å². The number of nitrogens with one attached hydrogen (secondary N) is 1. The van der Waals surface area contributed by atoms with Gasteiger partial charge in [-0.3, -0.25) is 0 Å². The minimum Gasteiger partial charge on any atom is -0.434 e. The molecule has 0 aliphatic carbocycles. The number of alkyl halides is 2. The molecule has 0 radical (unpaired) electrons. The Morgan fingerprint density at radius 2 is 2.20 bits per heavy atom. The third-order valence-electron chi connectivity index (χ3n) is 2.07. The van der Waals surface area contributed by atoms with Crippen molar-refractivity contribution in [3.05, 3.63) is 30.0 Å².